The monoisotopic (exact) mass is 645 g/mol. The number of benzene rings is 3. The summed E-state index contributed by atoms with van der Waals surface area (Å²) in [5.41, 5.74) is 2.09. The number of anilines is 1. The standard InChI is InChI=1S/C31H34BrCl2N3O3/c1-36(30(39)25-9-5-6-10-28(25)35-29(38)20-32)21-23(22-11-12-26(33)27(34)19-22)13-16-37-17-14-31(40,15-18-37)24-7-3-2-4-8-24/h2-12,19,23,40H,13-18,20-21H2,1H3,(H,35,38)/t23-/m0/s1. The van der Waals surface area contributed by atoms with Crippen LogP contribution in [0.5, 0.6) is 0 Å². The molecule has 9 heteroatoms. The lowest BCUT2D eigenvalue weighted by atomic mass is 9.84. The molecule has 1 fully saturated rings. The Labute approximate surface area is 254 Å². The van der Waals surface area contributed by atoms with E-state index in [1.807, 2.05) is 42.5 Å². The van der Waals surface area contributed by atoms with Crippen molar-refractivity contribution >= 4 is 56.6 Å². The van der Waals surface area contributed by atoms with Crippen molar-refractivity contribution in [2.75, 3.05) is 43.9 Å². The Morgan fingerprint density at radius 2 is 1.70 bits per heavy atom. The van der Waals surface area contributed by atoms with Crippen LogP contribution >= 0.6 is 39.1 Å². The van der Waals surface area contributed by atoms with E-state index in [0.717, 1.165) is 37.2 Å². The quantitative estimate of drug-likeness (QED) is 0.245. The van der Waals surface area contributed by atoms with Crippen molar-refractivity contribution in [1.29, 1.82) is 0 Å². The van der Waals surface area contributed by atoms with E-state index in [4.69, 9.17) is 23.2 Å². The number of likely N-dealkylation sites (N-methyl/N-ethyl adjacent to an activating group) is 1. The Hall–Kier alpha value is -2.42. The van der Waals surface area contributed by atoms with Crippen molar-refractivity contribution in [3.8, 4) is 0 Å². The number of piperidine rings is 1. The maximum absolute atomic E-state index is 13.5. The van der Waals surface area contributed by atoms with Gasteiger partial charge in [-0.05, 0) is 61.2 Å². The van der Waals surface area contributed by atoms with E-state index in [9.17, 15) is 14.7 Å². The minimum atomic E-state index is -0.800. The van der Waals surface area contributed by atoms with Crippen molar-refractivity contribution in [3.05, 3.63) is 99.5 Å². The number of likely N-dealkylation sites (tertiary alicyclic amines) is 1. The van der Waals surface area contributed by atoms with Gasteiger partial charge in [0.15, 0.2) is 0 Å². The molecule has 1 aliphatic rings. The van der Waals surface area contributed by atoms with Crippen molar-refractivity contribution in [2.24, 2.45) is 0 Å². The first kappa shape index (κ1) is 30.5. The molecule has 0 aliphatic carbocycles. The molecule has 0 bridgehead atoms. The van der Waals surface area contributed by atoms with Gasteiger partial charge in [0.25, 0.3) is 5.91 Å². The van der Waals surface area contributed by atoms with E-state index in [1.54, 1.807) is 42.3 Å². The molecule has 40 heavy (non-hydrogen) atoms. The minimum Gasteiger partial charge on any atom is -0.385 e. The largest absolute Gasteiger partial charge is 0.385 e. The van der Waals surface area contributed by atoms with Gasteiger partial charge in [-0.3, -0.25) is 9.59 Å². The number of nitrogens with one attached hydrogen (secondary N) is 1. The summed E-state index contributed by atoms with van der Waals surface area (Å²) in [7, 11) is 1.77. The number of rotatable bonds is 10. The Bertz CT molecular complexity index is 1320. The van der Waals surface area contributed by atoms with Crippen LogP contribution in [0.3, 0.4) is 0 Å². The number of carbonyl (C=O) groups excluding carboxylic acids is 2. The first-order valence-electron chi connectivity index (χ1n) is 13.4. The number of alkyl halides is 1. The van der Waals surface area contributed by atoms with Gasteiger partial charge in [-0.1, -0.05) is 87.7 Å². The van der Waals surface area contributed by atoms with Gasteiger partial charge in [-0.25, -0.2) is 0 Å². The second kappa shape index (κ2) is 14.0. The molecule has 3 aromatic rings. The molecule has 4 rings (SSSR count). The lowest BCUT2D eigenvalue weighted by molar-refractivity contribution is -0.113. The molecule has 6 nitrogen and oxygen atoms in total. The highest BCUT2D eigenvalue weighted by Gasteiger charge is 2.34. The molecule has 0 spiro atoms. The fourth-order valence-corrected chi connectivity index (χ4v) is 5.68. The third-order valence-corrected chi connectivity index (χ3v) is 8.85. The second-order valence-electron chi connectivity index (χ2n) is 10.3. The number of hydrogen-bond acceptors (Lipinski definition) is 4. The number of carbonyl (C=O) groups is 2. The maximum atomic E-state index is 13.5. The summed E-state index contributed by atoms with van der Waals surface area (Å²) < 4.78 is 0. The van der Waals surface area contributed by atoms with Gasteiger partial charge >= 0.3 is 0 Å². The summed E-state index contributed by atoms with van der Waals surface area (Å²) in [5.74, 6) is -0.401. The molecule has 0 unspecified atom stereocenters. The minimum absolute atomic E-state index is 0.00273. The van der Waals surface area contributed by atoms with Crippen LogP contribution in [0.1, 0.15) is 46.7 Å². The topological polar surface area (TPSA) is 72.9 Å². The molecule has 0 saturated carbocycles. The van der Waals surface area contributed by atoms with Crippen LogP contribution in [0.15, 0.2) is 72.8 Å². The predicted molar refractivity (Wildman–Crippen MR) is 166 cm³/mol. The number of amides is 2. The van der Waals surface area contributed by atoms with E-state index < -0.39 is 5.60 Å². The summed E-state index contributed by atoms with van der Waals surface area (Å²) in [5, 5.41) is 15.1. The third kappa shape index (κ3) is 7.65. The van der Waals surface area contributed by atoms with Crippen LogP contribution < -0.4 is 5.32 Å². The van der Waals surface area contributed by atoms with Crippen LogP contribution in [0.25, 0.3) is 0 Å². The van der Waals surface area contributed by atoms with Gasteiger partial charge in [-0.15, -0.1) is 0 Å². The van der Waals surface area contributed by atoms with Gasteiger partial charge in [0.1, 0.15) is 0 Å². The summed E-state index contributed by atoms with van der Waals surface area (Å²) in [6.45, 7) is 2.85. The van der Waals surface area contributed by atoms with Gasteiger partial charge in [0, 0.05) is 32.6 Å². The van der Waals surface area contributed by atoms with E-state index in [0.29, 0.717) is 40.7 Å². The van der Waals surface area contributed by atoms with Crippen LogP contribution in [0.4, 0.5) is 5.69 Å². The highest BCUT2D eigenvalue weighted by atomic mass is 79.9. The molecule has 1 atom stereocenters. The van der Waals surface area contributed by atoms with Crippen LogP contribution in [-0.2, 0) is 10.4 Å². The second-order valence-corrected chi connectivity index (χ2v) is 11.7. The Morgan fingerprint density at radius 1 is 1.02 bits per heavy atom. The number of para-hydroxylation sites is 1. The molecular formula is C31H34BrCl2N3O3. The first-order chi connectivity index (χ1) is 19.2. The zero-order valence-corrected chi connectivity index (χ0v) is 25.6. The highest BCUT2D eigenvalue weighted by Crippen LogP contribution is 2.34. The molecule has 0 aromatic heterocycles. The summed E-state index contributed by atoms with van der Waals surface area (Å²) in [6, 6.07) is 22.5. The number of aliphatic hydroxyl groups is 1. The van der Waals surface area contributed by atoms with Crippen molar-refractivity contribution < 1.29 is 14.7 Å². The predicted octanol–water partition coefficient (Wildman–Crippen LogP) is 6.56. The van der Waals surface area contributed by atoms with E-state index in [1.165, 1.54) is 0 Å². The summed E-state index contributed by atoms with van der Waals surface area (Å²) in [4.78, 5) is 29.6. The van der Waals surface area contributed by atoms with Crippen molar-refractivity contribution in [2.45, 2.75) is 30.8 Å². The Kier molecular flexibility index (Phi) is 10.7. The van der Waals surface area contributed by atoms with Gasteiger partial charge in [0.05, 0.1) is 32.2 Å². The molecule has 212 valence electrons. The summed E-state index contributed by atoms with van der Waals surface area (Å²) >= 11 is 15.7. The number of hydrogen-bond donors (Lipinski definition) is 2. The van der Waals surface area contributed by atoms with Gasteiger partial charge < -0.3 is 20.2 Å². The summed E-state index contributed by atoms with van der Waals surface area (Å²) in [6.07, 6.45) is 2.13. The van der Waals surface area contributed by atoms with Crippen molar-refractivity contribution in [3.63, 3.8) is 0 Å². The van der Waals surface area contributed by atoms with E-state index in [2.05, 4.69) is 26.1 Å². The zero-order chi connectivity index (χ0) is 28.7. The lowest BCUT2D eigenvalue weighted by Gasteiger charge is -2.39. The smallest absolute Gasteiger partial charge is 0.255 e. The van der Waals surface area contributed by atoms with Crippen LogP contribution in [0.2, 0.25) is 10.0 Å². The first-order valence-corrected chi connectivity index (χ1v) is 15.2. The molecule has 1 aliphatic heterocycles. The molecular weight excluding hydrogens is 613 g/mol. The molecule has 2 amide bonds. The Morgan fingerprint density at radius 3 is 2.38 bits per heavy atom. The lowest BCUT2D eigenvalue weighted by Crippen LogP contribution is -2.43. The number of halogens is 3. The fourth-order valence-electron chi connectivity index (χ4n) is 5.23. The molecule has 3 aromatic carbocycles. The van der Waals surface area contributed by atoms with Gasteiger partial charge in [-0.2, -0.15) is 0 Å². The number of nitrogens with zero attached hydrogens (tertiary/aromatic N) is 2. The average molecular weight is 647 g/mol. The molecule has 1 heterocycles. The molecule has 2 N–H and O–H groups in total. The SMILES string of the molecule is CN(C[C@H](CCN1CCC(O)(c2ccccc2)CC1)c1ccc(Cl)c(Cl)c1)C(=O)c1ccccc1NC(=O)CBr. The molecule has 0 radical (unpaired) electrons. The van der Waals surface area contributed by atoms with E-state index >= 15 is 0 Å². The van der Waals surface area contributed by atoms with Crippen LogP contribution in [0, 0.1) is 0 Å². The van der Waals surface area contributed by atoms with Crippen molar-refractivity contribution in [1.82, 2.24) is 9.80 Å². The highest BCUT2D eigenvalue weighted by molar-refractivity contribution is 9.09. The Balaban J connectivity index is 1.46. The average Bonchev–Trinajstić information content (AvgIpc) is 2.97. The maximum Gasteiger partial charge on any atom is 0.255 e. The van der Waals surface area contributed by atoms with E-state index in [-0.39, 0.29) is 23.1 Å². The zero-order valence-electron chi connectivity index (χ0n) is 22.5. The van der Waals surface area contributed by atoms with Gasteiger partial charge in [0.2, 0.25) is 5.91 Å². The third-order valence-electron chi connectivity index (χ3n) is 7.60. The fraction of sp³-hybridized carbons (Fsp3) is 0.355. The van der Waals surface area contributed by atoms with Crippen LogP contribution in [-0.4, -0.2) is 65.3 Å². The molecule has 1 saturated heterocycles. The normalized spacial score (nSPS) is 15.8.